The molecular formula is C12H27NS. The number of hydrogen-bond acceptors (Lipinski definition) is 2. The maximum absolute atomic E-state index is 3.66. The Morgan fingerprint density at radius 2 is 1.64 bits per heavy atom. The Hall–Kier alpha value is 0.310. The van der Waals surface area contributed by atoms with Crippen LogP contribution in [-0.2, 0) is 0 Å². The molecule has 0 fully saturated rings. The monoisotopic (exact) mass is 217 g/mol. The molecule has 86 valence electrons. The van der Waals surface area contributed by atoms with E-state index in [0.29, 0.717) is 10.8 Å². The van der Waals surface area contributed by atoms with E-state index < -0.39 is 0 Å². The largest absolute Gasteiger partial charge is 0.309 e. The minimum atomic E-state index is 0.276. The lowest BCUT2D eigenvalue weighted by molar-refractivity contribution is 0.347. The number of nitrogens with one attached hydrogen (secondary N) is 1. The van der Waals surface area contributed by atoms with Crippen LogP contribution in [0.4, 0.5) is 0 Å². The van der Waals surface area contributed by atoms with Crippen LogP contribution in [0.5, 0.6) is 0 Å². The van der Waals surface area contributed by atoms with E-state index in [2.05, 4.69) is 53.8 Å². The molecule has 0 aliphatic heterocycles. The molecule has 0 radical (unpaired) electrons. The summed E-state index contributed by atoms with van der Waals surface area (Å²) in [5, 5.41) is 3.66. The summed E-state index contributed by atoms with van der Waals surface area (Å²) >= 11 is 2.03. The molecule has 0 amide bonds. The molecule has 0 aromatic heterocycles. The Morgan fingerprint density at radius 1 is 1.14 bits per heavy atom. The van der Waals surface area contributed by atoms with E-state index in [1.165, 1.54) is 12.2 Å². The molecule has 0 rings (SSSR count). The lowest BCUT2D eigenvalue weighted by Crippen LogP contribution is -2.45. The van der Waals surface area contributed by atoms with Gasteiger partial charge in [-0.1, -0.05) is 27.7 Å². The summed E-state index contributed by atoms with van der Waals surface area (Å²) < 4.78 is 0.381. The molecule has 0 heterocycles. The number of rotatable bonds is 5. The lowest BCUT2D eigenvalue weighted by atomic mass is 10.0. The van der Waals surface area contributed by atoms with Gasteiger partial charge in [-0.3, -0.25) is 0 Å². The highest BCUT2D eigenvalue weighted by atomic mass is 32.2. The average molecular weight is 217 g/mol. The lowest BCUT2D eigenvalue weighted by Gasteiger charge is -2.30. The first-order chi connectivity index (χ1) is 6.16. The van der Waals surface area contributed by atoms with Crippen LogP contribution in [0.15, 0.2) is 0 Å². The Bertz CT molecular complexity index is 158. The van der Waals surface area contributed by atoms with Gasteiger partial charge in [-0.15, -0.1) is 0 Å². The van der Waals surface area contributed by atoms with Crippen molar-refractivity contribution >= 4 is 11.8 Å². The Morgan fingerprint density at radius 3 is 2.00 bits per heavy atom. The van der Waals surface area contributed by atoms with Crippen LogP contribution in [0.1, 0.15) is 54.9 Å². The second-order valence-electron chi connectivity index (χ2n) is 5.71. The molecule has 1 unspecified atom stereocenters. The highest BCUT2D eigenvalue weighted by Crippen LogP contribution is 2.24. The van der Waals surface area contributed by atoms with Crippen molar-refractivity contribution in [3.05, 3.63) is 0 Å². The molecule has 14 heavy (non-hydrogen) atoms. The van der Waals surface area contributed by atoms with Gasteiger partial charge in [0.2, 0.25) is 0 Å². The van der Waals surface area contributed by atoms with E-state index in [0.717, 1.165) is 0 Å². The molecule has 0 saturated carbocycles. The first-order valence-corrected chi connectivity index (χ1v) is 6.56. The van der Waals surface area contributed by atoms with Crippen LogP contribution in [0, 0.1) is 0 Å². The van der Waals surface area contributed by atoms with Crippen LogP contribution in [0.2, 0.25) is 0 Å². The fraction of sp³-hybridized carbons (Fsp3) is 1.00. The third-order valence-corrected chi connectivity index (χ3v) is 3.82. The van der Waals surface area contributed by atoms with E-state index in [9.17, 15) is 0 Å². The van der Waals surface area contributed by atoms with Crippen molar-refractivity contribution in [2.24, 2.45) is 0 Å². The summed E-state index contributed by atoms with van der Waals surface area (Å²) in [4.78, 5) is 0. The summed E-state index contributed by atoms with van der Waals surface area (Å²) in [5.41, 5.74) is 0.276. The molecule has 0 aliphatic carbocycles. The Balaban J connectivity index is 3.82. The van der Waals surface area contributed by atoms with Crippen LogP contribution < -0.4 is 5.32 Å². The molecule has 2 heteroatoms. The molecule has 1 nitrogen and oxygen atoms in total. The fourth-order valence-electron chi connectivity index (χ4n) is 1.19. The predicted molar refractivity (Wildman–Crippen MR) is 69.2 cm³/mol. The summed E-state index contributed by atoms with van der Waals surface area (Å²) in [5.74, 6) is 1.19. The van der Waals surface area contributed by atoms with Crippen molar-refractivity contribution in [1.82, 2.24) is 5.32 Å². The number of thioether (sulfide) groups is 1. The standard InChI is InChI=1S/C12H27NS/c1-8-12(6,7)13-10(2)9-14-11(3,4)5/h10,13H,8-9H2,1-7H3. The third-order valence-electron chi connectivity index (χ3n) is 2.29. The topological polar surface area (TPSA) is 12.0 Å². The molecule has 0 aliphatic rings. The zero-order chi connectivity index (χ0) is 11.4. The summed E-state index contributed by atoms with van der Waals surface area (Å²) in [6.45, 7) is 15.9. The third kappa shape index (κ3) is 7.69. The van der Waals surface area contributed by atoms with Gasteiger partial charge >= 0.3 is 0 Å². The molecule has 1 N–H and O–H groups in total. The predicted octanol–water partition coefficient (Wildman–Crippen LogP) is 3.68. The van der Waals surface area contributed by atoms with E-state index in [1.807, 2.05) is 11.8 Å². The second-order valence-corrected chi connectivity index (χ2v) is 7.55. The second kappa shape index (κ2) is 5.41. The molecular weight excluding hydrogens is 190 g/mol. The molecule has 1 atom stereocenters. The van der Waals surface area contributed by atoms with Gasteiger partial charge in [-0.25, -0.2) is 0 Å². The highest BCUT2D eigenvalue weighted by Gasteiger charge is 2.19. The molecule has 0 spiro atoms. The summed E-state index contributed by atoms with van der Waals surface area (Å²) in [6.07, 6.45) is 1.18. The van der Waals surface area contributed by atoms with E-state index in [4.69, 9.17) is 0 Å². The van der Waals surface area contributed by atoms with Crippen LogP contribution >= 0.6 is 11.8 Å². The van der Waals surface area contributed by atoms with Gasteiger partial charge < -0.3 is 5.32 Å². The summed E-state index contributed by atoms with van der Waals surface area (Å²) in [6, 6.07) is 0.592. The smallest absolute Gasteiger partial charge is 0.0135 e. The van der Waals surface area contributed by atoms with Crippen LogP contribution in [0.25, 0.3) is 0 Å². The maximum atomic E-state index is 3.66. The van der Waals surface area contributed by atoms with Gasteiger partial charge in [-0.05, 0) is 27.2 Å². The quantitative estimate of drug-likeness (QED) is 0.754. The normalized spacial score (nSPS) is 15.6. The van der Waals surface area contributed by atoms with Crippen molar-refractivity contribution in [3.63, 3.8) is 0 Å². The van der Waals surface area contributed by atoms with Gasteiger partial charge in [0, 0.05) is 22.1 Å². The van der Waals surface area contributed by atoms with E-state index in [1.54, 1.807) is 0 Å². The highest BCUT2D eigenvalue weighted by molar-refractivity contribution is 8.00. The minimum absolute atomic E-state index is 0.276. The van der Waals surface area contributed by atoms with E-state index in [-0.39, 0.29) is 5.54 Å². The van der Waals surface area contributed by atoms with Crippen molar-refractivity contribution in [2.45, 2.75) is 71.2 Å². The van der Waals surface area contributed by atoms with Crippen LogP contribution in [0.3, 0.4) is 0 Å². The SMILES string of the molecule is CCC(C)(C)NC(C)CSC(C)(C)C. The van der Waals surface area contributed by atoms with Crippen molar-refractivity contribution in [1.29, 1.82) is 0 Å². The van der Waals surface area contributed by atoms with Gasteiger partial charge in [0.1, 0.15) is 0 Å². The fourth-order valence-corrected chi connectivity index (χ4v) is 2.02. The van der Waals surface area contributed by atoms with Crippen molar-refractivity contribution < 1.29 is 0 Å². The van der Waals surface area contributed by atoms with Gasteiger partial charge in [0.15, 0.2) is 0 Å². The summed E-state index contributed by atoms with van der Waals surface area (Å²) in [7, 11) is 0. The van der Waals surface area contributed by atoms with E-state index >= 15 is 0 Å². The van der Waals surface area contributed by atoms with Gasteiger partial charge in [0.05, 0.1) is 0 Å². The molecule has 0 saturated heterocycles. The zero-order valence-electron chi connectivity index (χ0n) is 10.9. The van der Waals surface area contributed by atoms with Gasteiger partial charge in [0.25, 0.3) is 0 Å². The van der Waals surface area contributed by atoms with Gasteiger partial charge in [-0.2, -0.15) is 11.8 Å². The molecule has 0 aromatic rings. The zero-order valence-corrected chi connectivity index (χ0v) is 11.7. The molecule has 0 bridgehead atoms. The average Bonchev–Trinajstić information content (AvgIpc) is 1.99. The minimum Gasteiger partial charge on any atom is -0.309 e. The van der Waals surface area contributed by atoms with Crippen LogP contribution in [-0.4, -0.2) is 22.1 Å². The molecule has 0 aromatic carbocycles. The number of hydrogen-bond donors (Lipinski definition) is 1. The first kappa shape index (κ1) is 14.3. The van der Waals surface area contributed by atoms with Crippen molar-refractivity contribution in [2.75, 3.05) is 5.75 Å². The Labute approximate surface area is 94.4 Å². The van der Waals surface area contributed by atoms with Crippen molar-refractivity contribution in [3.8, 4) is 0 Å². The first-order valence-electron chi connectivity index (χ1n) is 5.58. The maximum Gasteiger partial charge on any atom is 0.0135 e. The Kier molecular flexibility index (Phi) is 5.53.